The van der Waals surface area contributed by atoms with Crippen LogP contribution in [0.3, 0.4) is 0 Å². The van der Waals surface area contributed by atoms with E-state index in [-0.39, 0.29) is 5.41 Å². The van der Waals surface area contributed by atoms with E-state index < -0.39 is 10.0 Å². The predicted molar refractivity (Wildman–Crippen MR) is 174 cm³/mol. The number of likely N-dealkylation sites (tertiary alicyclic amines) is 1. The first-order chi connectivity index (χ1) is 21.3. The zero-order valence-corrected chi connectivity index (χ0v) is 25.3. The number of hydrogen-bond donors (Lipinski definition) is 1. The van der Waals surface area contributed by atoms with Crippen molar-refractivity contribution in [2.75, 3.05) is 31.9 Å². The number of piperidine rings is 1. The second-order valence-electron chi connectivity index (χ2n) is 11.9. The number of nitrogen functional groups attached to an aromatic ring is 1. The normalized spacial score (nSPS) is 19.5. The van der Waals surface area contributed by atoms with Crippen LogP contribution in [0.1, 0.15) is 24.8 Å². The van der Waals surface area contributed by atoms with Crippen molar-refractivity contribution < 1.29 is 8.42 Å². The highest BCUT2D eigenvalue weighted by Gasteiger charge is 2.43. The third-order valence-electron chi connectivity index (χ3n) is 8.97. The molecule has 2 aliphatic rings. The summed E-state index contributed by atoms with van der Waals surface area (Å²) < 4.78 is 28.6. The summed E-state index contributed by atoms with van der Waals surface area (Å²) in [7, 11) is -3.39. The van der Waals surface area contributed by atoms with Gasteiger partial charge in [0.2, 0.25) is 10.0 Å². The molecular weight excluding hydrogens is 570 g/mol. The molecule has 0 amide bonds. The zero-order chi connectivity index (χ0) is 30.3. The Hall–Kier alpha value is -4.38. The SMILES string of the molecule is C=CS(=O)(=O)N1CCCC2(CCN(Cc3ccc(-n4c(-c5cccnc5N)nc5ccc(-c6ccccc6)nc54)cc3)C2)C1. The van der Waals surface area contributed by atoms with Gasteiger partial charge in [0.1, 0.15) is 11.3 Å². The van der Waals surface area contributed by atoms with Gasteiger partial charge in [-0.15, -0.1) is 0 Å². The first kappa shape index (κ1) is 28.4. The number of imidazole rings is 1. The van der Waals surface area contributed by atoms with Crippen molar-refractivity contribution in [3.63, 3.8) is 0 Å². The van der Waals surface area contributed by atoms with Crippen molar-refractivity contribution in [2.24, 2.45) is 5.41 Å². The van der Waals surface area contributed by atoms with E-state index in [4.69, 9.17) is 15.7 Å². The topological polar surface area (TPSA) is 110 Å². The molecule has 1 unspecified atom stereocenters. The van der Waals surface area contributed by atoms with E-state index in [9.17, 15) is 8.42 Å². The van der Waals surface area contributed by atoms with Gasteiger partial charge in [0.15, 0.2) is 11.5 Å². The first-order valence-electron chi connectivity index (χ1n) is 14.9. The average Bonchev–Trinajstić information content (AvgIpc) is 3.62. The van der Waals surface area contributed by atoms with Crippen LogP contribution >= 0.6 is 0 Å². The average molecular weight is 606 g/mol. The Morgan fingerprint density at radius 2 is 1.73 bits per heavy atom. The molecule has 0 radical (unpaired) electrons. The molecule has 0 saturated carbocycles. The van der Waals surface area contributed by atoms with Gasteiger partial charge < -0.3 is 5.73 Å². The number of nitrogens with two attached hydrogens (primary N) is 1. The van der Waals surface area contributed by atoms with E-state index in [2.05, 4.69) is 57.4 Å². The van der Waals surface area contributed by atoms with Gasteiger partial charge in [-0.1, -0.05) is 49.0 Å². The molecule has 2 fully saturated rings. The van der Waals surface area contributed by atoms with E-state index in [1.54, 1.807) is 10.5 Å². The lowest BCUT2D eigenvalue weighted by atomic mass is 9.80. The zero-order valence-electron chi connectivity index (χ0n) is 24.5. The number of benzene rings is 2. The maximum absolute atomic E-state index is 12.5. The van der Waals surface area contributed by atoms with Crippen LogP contribution in [0.5, 0.6) is 0 Å². The summed E-state index contributed by atoms with van der Waals surface area (Å²) in [6, 6.07) is 26.4. The van der Waals surface area contributed by atoms with Gasteiger partial charge in [0.25, 0.3) is 0 Å². The van der Waals surface area contributed by atoms with Gasteiger partial charge in [0.05, 0.1) is 11.3 Å². The Morgan fingerprint density at radius 1 is 0.909 bits per heavy atom. The molecule has 10 heteroatoms. The summed E-state index contributed by atoms with van der Waals surface area (Å²) in [4.78, 5) is 16.8. The lowest BCUT2D eigenvalue weighted by molar-refractivity contribution is 0.147. The lowest BCUT2D eigenvalue weighted by Crippen LogP contribution is -2.46. The second-order valence-corrected chi connectivity index (χ2v) is 13.8. The number of pyridine rings is 2. The Labute approximate surface area is 257 Å². The number of nitrogens with zero attached hydrogens (tertiary/aromatic N) is 6. The molecule has 7 rings (SSSR count). The lowest BCUT2D eigenvalue weighted by Gasteiger charge is -2.39. The number of anilines is 1. The van der Waals surface area contributed by atoms with Crippen molar-refractivity contribution in [1.29, 1.82) is 0 Å². The molecule has 224 valence electrons. The number of rotatable bonds is 7. The molecule has 5 aromatic rings. The van der Waals surface area contributed by atoms with Crippen LogP contribution in [-0.2, 0) is 16.6 Å². The molecule has 1 spiro atoms. The maximum atomic E-state index is 12.5. The molecule has 2 aromatic carbocycles. The van der Waals surface area contributed by atoms with Crippen molar-refractivity contribution >= 4 is 27.0 Å². The standard InChI is InChI=1S/C34H35N7O2S/c1-2-44(42,43)40-20-7-17-34(24-40)18-21-39(23-34)22-25-11-13-27(14-12-25)41-32(28-10-6-19-36-31(28)35)38-30-16-15-29(37-33(30)41)26-8-4-3-5-9-26/h2-6,8-16,19H,1,7,17-18,20-24H2,(H2,35,36). The predicted octanol–water partition coefficient (Wildman–Crippen LogP) is 5.49. The largest absolute Gasteiger partial charge is 0.383 e. The van der Waals surface area contributed by atoms with E-state index in [1.165, 1.54) is 5.56 Å². The van der Waals surface area contributed by atoms with Gasteiger partial charge >= 0.3 is 0 Å². The number of fused-ring (bicyclic) bond motifs is 1. The quantitative estimate of drug-likeness (QED) is 0.261. The van der Waals surface area contributed by atoms with Crippen LogP contribution in [-0.4, -0.2) is 63.3 Å². The van der Waals surface area contributed by atoms with Crippen LogP contribution in [0.2, 0.25) is 0 Å². The number of sulfonamides is 1. The summed E-state index contributed by atoms with van der Waals surface area (Å²) >= 11 is 0. The molecule has 44 heavy (non-hydrogen) atoms. The Bertz CT molecular complexity index is 1940. The molecule has 3 aromatic heterocycles. The van der Waals surface area contributed by atoms with Gasteiger partial charge in [-0.25, -0.2) is 23.4 Å². The molecular formula is C34H35N7O2S. The highest BCUT2D eigenvalue weighted by atomic mass is 32.2. The van der Waals surface area contributed by atoms with Crippen LogP contribution in [0.4, 0.5) is 5.82 Å². The minimum atomic E-state index is -3.39. The Morgan fingerprint density at radius 3 is 2.50 bits per heavy atom. The fourth-order valence-corrected chi connectivity index (χ4v) is 7.80. The minimum absolute atomic E-state index is 0.00464. The van der Waals surface area contributed by atoms with Gasteiger partial charge in [-0.2, -0.15) is 4.31 Å². The number of hydrogen-bond acceptors (Lipinski definition) is 7. The van der Waals surface area contributed by atoms with Gasteiger partial charge in [-0.3, -0.25) is 9.47 Å². The smallest absolute Gasteiger partial charge is 0.235 e. The first-order valence-corrected chi connectivity index (χ1v) is 16.4. The molecule has 2 N–H and O–H groups in total. The fourth-order valence-electron chi connectivity index (χ4n) is 6.75. The highest BCUT2D eigenvalue weighted by Crippen LogP contribution is 2.40. The fraction of sp³-hybridized carbons (Fsp3) is 0.265. The minimum Gasteiger partial charge on any atom is -0.383 e. The van der Waals surface area contributed by atoms with E-state index >= 15 is 0 Å². The monoisotopic (exact) mass is 605 g/mol. The molecule has 0 bridgehead atoms. The van der Waals surface area contributed by atoms with Crippen LogP contribution in [0, 0.1) is 5.41 Å². The summed E-state index contributed by atoms with van der Waals surface area (Å²) in [6.07, 6.45) is 4.62. The molecule has 1 atom stereocenters. The molecule has 2 aliphatic heterocycles. The maximum Gasteiger partial charge on any atom is 0.235 e. The summed E-state index contributed by atoms with van der Waals surface area (Å²) in [5.74, 6) is 1.10. The molecule has 5 heterocycles. The van der Waals surface area contributed by atoms with Crippen LogP contribution in [0.15, 0.2) is 97.0 Å². The summed E-state index contributed by atoms with van der Waals surface area (Å²) in [6.45, 7) is 7.32. The van der Waals surface area contributed by atoms with E-state index in [1.807, 2.05) is 42.5 Å². The summed E-state index contributed by atoms with van der Waals surface area (Å²) in [5, 5.41) is 1.08. The molecule has 9 nitrogen and oxygen atoms in total. The Balaban J connectivity index is 1.18. The van der Waals surface area contributed by atoms with E-state index in [0.29, 0.717) is 24.7 Å². The molecule has 0 aliphatic carbocycles. The van der Waals surface area contributed by atoms with Crippen molar-refractivity contribution in [3.05, 3.63) is 103 Å². The highest BCUT2D eigenvalue weighted by molar-refractivity contribution is 7.92. The molecule has 2 saturated heterocycles. The second kappa shape index (κ2) is 11.3. The van der Waals surface area contributed by atoms with Crippen molar-refractivity contribution in [3.8, 4) is 28.3 Å². The van der Waals surface area contributed by atoms with E-state index in [0.717, 1.165) is 78.0 Å². The van der Waals surface area contributed by atoms with Gasteiger partial charge in [-0.05, 0) is 73.2 Å². The number of aromatic nitrogens is 4. The van der Waals surface area contributed by atoms with Gasteiger partial charge in [0, 0.05) is 49.0 Å². The van der Waals surface area contributed by atoms with Crippen molar-refractivity contribution in [1.82, 2.24) is 28.7 Å². The Kier molecular flexibility index (Phi) is 7.28. The van der Waals surface area contributed by atoms with Crippen LogP contribution < -0.4 is 5.73 Å². The van der Waals surface area contributed by atoms with Crippen molar-refractivity contribution in [2.45, 2.75) is 25.8 Å². The third kappa shape index (κ3) is 5.29. The summed E-state index contributed by atoms with van der Waals surface area (Å²) in [5.41, 5.74) is 12.6. The third-order valence-corrected chi connectivity index (χ3v) is 10.4. The van der Waals surface area contributed by atoms with Crippen LogP contribution in [0.25, 0.3) is 39.5 Å².